The third kappa shape index (κ3) is 3.41. The number of carbonyl (C=O) groups is 2. The number of carboxylic acids is 1. The van der Waals surface area contributed by atoms with E-state index in [-0.39, 0.29) is 11.6 Å². The van der Waals surface area contributed by atoms with Crippen LogP contribution in [0.15, 0.2) is 12.5 Å². The van der Waals surface area contributed by atoms with Crippen molar-refractivity contribution in [1.29, 1.82) is 0 Å². The lowest BCUT2D eigenvalue weighted by Crippen LogP contribution is -2.37. The molecule has 2 heterocycles. The number of hydrogen-bond donors (Lipinski definition) is 2. The fraction of sp³-hybridized carbons (Fsp3) is 0.500. The van der Waals surface area contributed by atoms with Crippen molar-refractivity contribution in [2.45, 2.75) is 19.0 Å². The molecule has 1 saturated heterocycles. The van der Waals surface area contributed by atoms with Gasteiger partial charge in [0.05, 0.1) is 12.8 Å². The van der Waals surface area contributed by atoms with E-state index in [1.807, 2.05) is 4.90 Å². The Morgan fingerprint density at radius 3 is 3.10 bits per heavy atom. The predicted molar refractivity (Wildman–Crippen MR) is 68.2 cm³/mol. The Morgan fingerprint density at radius 2 is 2.40 bits per heavy atom. The number of hydrogen-bond acceptors (Lipinski definition) is 6. The Kier molecular flexibility index (Phi) is 4.46. The van der Waals surface area contributed by atoms with E-state index in [1.54, 1.807) is 0 Å². The summed E-state index contributed by atoms with van der Waals surface area (Å²) in [6.07, 6.45) is 2.97. The van der Waals surface area contributed by atoms with E-state index in [9.17, 15) is 9.59 Å². The van der Waals surface area contributed by atoms with Crippen LogP contribution in [-0.2, 0) is 11.3 Å². The van der Waals surface area contributed by atoms with Crippen LogP contribution < -0.4 is 5.32 Å². The maximum absolute atomic E-state index is 11.1. The van der Waals surface area contributed by atoms with Gasteiger partial charge in [-0.1, -0.05) is 0 Å². The standard InChI is InChI=1S/C12H16N4O4/c1-20-12(19)15-8-2-3-16(5-8)6-10-9(11(17)18)4-13-7-14-10/h4,7-8H,2-3,5-6H2,1H3,(H,15,19)(H,17,18). The summed E-state index contributed by atoms with van der Waals surface area (Å²) in [4.78, 5) is 32.0. The molecular formula is C12H16N4O4. The molecule has 1 aliphatic rings. The lowest BCUT2D eigenvalue weighted by Gasteiger charge is -2.16. The third-order valence-corrected chi connectivity index (χ3v) is 3.18. The topological polar surface area (TPSA) is 105 Å². The zero-order valence-corrected chi connectivity index (χ0v) is 11.1. The first-order valence-corrected chi connectivity index (χ1v) is 6.19. The van der Waals surface area contributed by atoms with Gasteiger partial charge in [0.25, 0.3) is 0 Å². The van der Waals surface area contributed by atoms with E-state index in [0.717, 1.165) is 13.0 Å². The van der Waals surface area contributed by atoms with Gasteiger partial charge in [-0.15, -0.1) is 0 Å². The quantitative estimate of drug-likeness (QED) is 0.806. The molecule has 108 valence electrons. The molecule has 1 unspecified atom stereocenters. The summed E-state index contributed by atoms with van der Waals surface area (Å²) in [5.74, 6) is -1.04. The minimum atomic E-state index is -1.04. The van der Waals surface area contributed by atoms with Gasteiger partial charge in [0.1, 0.15) is 11.9 Å². The lowest BCUT2D eigenvalue weighted by atomic mass is 10.2. The summed E-state index contributed by atoms with van der Waals surface area (Å²) in [7, 11) is 1.32. The second kappa shape index (κ2) is 6.29. The van der Waals surface area contributed by atoms with E-state index in [4.69, 9.17) is 5.11 Å². The van der Waals surface area contributed by atoms with E-state index < -0.39 is 12.1 Å². The number of nitrogens with zero attached hydrogens (tertiary/aromatic N) is 3. The first kappa shape index (κ1) is 14.2. The molecule has 1 aliphatic heterocycles. The number of likely N-dealkylation sites (tertiary alicyclic amines) is 1. The van der Waals surface area contributed by atoms with E-state index in [0.29, 0.717) is 18.8 Å². The highest BCUT2D eigenvalue weighted by Gasteiger charge is 2.25. The zero-order valence-electron chi connectivity index (χ0n) is 11.1. The van der Waals surface area contributed by atoms with E-state index in [1.165, 1.54) is 19.6 Å². The maximum Gasteiger partial charge on any atom is 0.407 e. The first-order valence-electron chi connectivity index (χ1n) is 6.19. The Labute approximate surface area is 115 Å². The second-order valence-corrected chi connectivity index (χ2v) is 4.54. The van der Waals surface area contributed by atoms with Crippen molar-refractivity contribution in [3.8, 4) is 0 Å². The molecule has 1 amide bonds. The van der Waals surface area contributed by atoms with Crippen molar-refractivity contribution in [2.75, 3.05) is 20.2 Å². The summed E-state index contributed by atoms with van der Waals surface area (Å²) >= 11 is 0. The van der Waals surface area contributed by atoms with Gasteiger partial charge in [-0.3, -0.25) is 4.90 Å². The molecule has 1 aromatic rings. The van der Waals surface area contributed by atoms with Crippen LogP contribution >= 0.6 is 0 Å². The number of ether oxygens (including phenoxy) is 1. The average Bonchev–Trinajstić information content (AvgIpc) is 2.86. The van der Waals surface area contributed by atoms with Crippen LogP contribution in [0.25, 0.3) is 0 Å². The normalized spacial score (nSPS) is 18.8. The predicted octanol–water partition coefficient (Wildman–Crippen LogP) is 0.105. The van der Waals surface area contributed by atoms with Gasteiger partial charge < -0.3 is 15.2 Å². The number of rotatable bonds is 4. The second-order valence-electron chi connectivity index (χ2n) is 4.54. The van der Waals surface area contributed by atoms with Gasteiger partial charge >= 0.3 is 12.1 Å². The van der Waals surface area contributed by atoms with Crippen molar-refractivity contribution in [2.24, 2.45) is 0 Å². The van der Waals surface area contributed by atoms with E-state index in [2.05, 4.69) is 20.0 Å². The molecule has 8 heteroatoms. The first-order chi connectivity index (χ1) is 9.60. The average molecular weight is 280 g/mol. The molecule has 20 heavy (non-hydrogen) atoms. The number of carbonyl (C=O) groups excluding carboxylic acids is 1. The number of nitrogens with one attached hydrogen (secondary N) is 1. The van der Waals surface area contributed by atoms with Gasteiger partial charge in [-0.2, -0.15) is 0 Å². The molecule has 0 aliphatic carbocycles. The Hall–Kier alpha value is -2.22. The molecule has 1 aromatic heterocycles. The molecule has 0 spiro atoms. The molecule has 2 N–H and O–H groups in total. The van der Waals surface area contributed by atoms with Crippen LogP contribution in [0.2, 0.25) is 0 Å². The Bertz CT molecular complexity index is 508. The van der Waals surface area contributed by atoms with E-state index >= 15 is 0 Å². The van der Waals surface area contributed by atoms with Gasteiger partial charge in [-0.25, -0.2) is 19.6 Å². The molecule has 0 aromatic carbocycles. The van der Waals surface area contributed by atoms with Crippen LogP contribution in [0, 0.1) is 0 Å². The highest BCUT2D eigenvalue weighted by atomic mass is 16.5. The Balaban J connectivity index is 1.95. The van der Waals surface area contributed by atoms with Crippen LogP contribution in [0.5, 0.6) is 0 Å². The SMILES string of the molecule is COC(=O)NC1CCN(Cc2ncncc2C(=O)O)C1. The summed E-state index contributed by atoms with van der Waals surface area (Å²) < 4.78 is 4.55. The highest BCUT2D eigenvalue weighted by molar-refractivity contribution is 5.88. The summed E-state index contributed by atoms with van der Waals surface area (Å²) in [6, 6.07) is 0.0116. The van der Waals surface area contributed by atoms with Gasteiger partial charge in [0.2, 0.25) is 0 Å². The fourth-order valence-corrected chi connectivity index (χ4v) is 2.19. The molecule has 1 fully saturated rings. The third-order valence-electron chi connectivity index (χ3n) is 3.18. The largest absolute Gasteiger partial charge is 0.478 e. The lowest BCUT2D eigenvalue weighted by molar-refractivity contribution is 0.0693. The van der Waals surface area contributed by atoms with Gasteiger partial charge in [-0.05, 0) is 6.42 Å². The monoisotopic (exact) mass is 280 g/mol. The van der Waals surface area contributed by atoms with Crippen molar-refractivity contribution in [3.63, 3.8) is 0 Å². The molecular weight excluding hydrogens is 264 g/mol. The van der Waals surface area contributed by atoms with Gasteiger partial charge in [0, 0.05) is 31.9 Å². The maximum atomic E-state index is 11.1. The van der Waals surface area contributed by atoms with Crippen LogP contribution in [0.4, 0.5) is 4.79 Å². The summed E-state index contributed by atoms with van der Waals surface area (Å²) in [5, 5.41) is 11.8. The van der Waals surface area contributed by atoms with Crippen LogP contribution in [-0.4, -0.2) is 58.3 Å². The minimum Gasteiger partial charge on any atom is -0.478 e. The zero-order chi connectivity index (χ0) is 14.5. The Morgan fingerprint density at radius 1 is 1.60 bits per heavy atom. The van der Waals surface area contributed by atoms with Crippen LogP contribution in [0.3, 0.4) is 0 Å². The summed E-state index contributed by atoms with van der Waals surface area (Å²) in [6.45, 7) is 1.82. The summed E-state index contributed by atoms with van der Waals surface area (Å²) in [5.41, 5.74) is 0.586. The number of alkyl carbamates (subject to hydrolysis) is 1. The van der Waals surface area contributed by atoms with Crippen LogP contribution in [0.1, 0.15) is 22.5 Å². The number of amides is 1. The van der Waals surface area contributed by atoms with Crippen molar-refractivity contribution < 1.29 is 19.4 Å². The number of aromatic carboxylic acids is 1. The van der Waals surface area contributed by atoms with Crippen molar-refractivity contribution in [1.82, 2.24) is 20.2 Å². The number of aromatic nitrogens is 2. The van der Waals surface area contributed by atoms with Crippen molar-refractivity contribution in [3.05, 3.63) is 23.8 Å². The number of carboxylic acid groups (broad SMARTS) is 1. The molecule has 0 saturated carbocycles. The molecule has 8 nitrogen and oxygen atoms in total. The molecule has 0 bridgehead atoms. The van der Waals surface area contributed by atoms with Crippen molar-refractivity contribution >= 4 is 12.1 Å². The molecule has 1 atom stereocenters. The highest BCUT2D eigenvalue weighted by Crippen LogP contribution is 2.14. The van der Waals surface area contributed by atoms with Gasteiger partial charge in [0.15, 0.2) is 0 Å². The minimum absolute atomic E-state index is 0.0116. The fourth-order valence-electron chi connectivity index (χ4n) is 2.19. The number of methoxy groups -OCH3 is 1. The molecule has 0 radical (unpaired) electrons. The molecule has 2 rings (SSSR count). The smallest absolute Gasteiger partial charge is 0.407 e.